The van der Waals surface area contributed by atoms with E-state index in [-0.39, 0.29) is 5.56 Å². The number of hydrogen-bond donors (Lipinski definition) is 0. The Morgan fingerprint density at radius 3 is 1.73 bits per heavy atom. The van der Waals surface area contributed by atoms with E-state index in [9.17, 15) is 22.0 Å². The van der Waals surface area contributed by atoms with Crippen molar-refractivity contribution in [2.24, 2.45) is 5.92 Å². The van der Waals surface area contributed by atoms with Gasteiger partial charge in [0.05, 0.1) is 5.56 Å². The monoisotopic (exact) mass is 368 g/mol. The summed E-state index contributed by atoms with van der Waals surface area (Å²) >= 11 is 0. The fourth-order valence-electron chi connectivity index (χ4n) is 2.96. The van der Waals surface area contributed by atoms with E-state index in [1.165, 1.54) is 0 Å². The molecule has 0 fully saturated rings. The molecule has 0 saturated heterocycles. The van der Waals surface area contributed by atoms with Crippen LogP contribution in [0.4, 0.5) is 22.0 Å². The van der Waals surface area contributed by atoms with E-state index in [0.717, 1.165) is 37.0 Å². The highest BCUT2D eigenvalue weighted by Gasteiger charge is 2.20. The third-order valence-electron chi connectivity index (χ3n) is 4.36. The zero-order chi connectivity index (χ0) is 19.4. The minimum absolute atomic E-state index is 0.376. The van der Waals surface area contributed by atoms with Crippen LogP contribution in [0.1, 0.15) is 45.6 Å². The molecule has 3 rings (SSSR count). The Morgan fingerprint density at radius 1 is 0.769 bits per heavy atom. The third kappa shape index (κ3) is 4.14. The van der Waals surface area contributed by atoms with E-state index >= 15 is 0 Å². The molecule has 1 atom stereocenters. The maximum atomic E-state index is 14.4. The molecule has 2 aromatic carbocycles. The molecular formula is C21H21F5. The Hall–Kier alpha value is -2.17. The molecular weight excluding hydrogens is 347 g/mol. The van der Waals surface area contributed by atoms with Gasteiger partial charge in [0.15, 0.2) is 17.5 Å². The fraction of sp³-hybridized carbons (Fsp3) is 0.333. The van der Waals surface area contributed by atoms with Gasteiger partial charge in [0.25, 0.3) is 0 Å². The van der Waals surface area contributed by atoms with Crippen molar-refractivity contribution in [3.05, 3.63) is 65.0 Å². The molecule has 0 saturated carbocycles. The van der Waals surface area contributed by atoms with E-state index in [1.54, 1.807) is 0 Å². The van der Waals surface area contributed by atoms with Gasteiger partial charge in [-0.25, -0.2) is 22.0 Å². The summed E-state index contributed by atoms with van der Waals surface area (Å²) in [7, 11) is 0. The summed E-state index contributed by atoms with van der Waals surface area (Å²) in [6, 6.07) is 3.47. The smallest absolute Gasteiger partial charge is 0.194 e. The average Bonchev–Trinajstić information content (AvgIpc) is 2.61. The number of rotatable bonds is 2. The molecule has 0 heterocycles. The molecule has 0 nitrogen and oxygen atoms in total. The van der Waals surface area contributed by atoms with E-state index in [4.69, 9.17) is 0 Å². The van der Waals surface area contributed by atoms with Crippen LogP contribution in [0.3, 0.4) is 0 Å². The Labute approximate surface area is 150 Å². The lowest BCUT2D eigenvalue weighted by atomic mass is 9.87. The normalized spacial score (nSPS) is 16.6. The molecule has 0 radical (unpaired) electrons. The maximum Gasteiger partial charge on any atom is 0.194 e. The molecule has 0 bridgehead atoms. The highest BCUT2D eigenvalue weighted by Crippen LogP contribution is 2.34. The van der Waals surface area contributed by atoms with Gasteiger partial charge in [-0.2, -0.15) is 0 Å². The molecule has 1 aliphatic carbocycles. The van der Waals surface area contributed by atoms with Gasteiger partial charge in [0.1, 0.15) is 11.6 Å². The molecule has 0 spiro atoms. The van der Waals surface area contributed by atoms with Gasteiger partial charge in [-0.05, 0) is 66.1 Å². The van der Waals surface area contributed by atoms with E-state index in [1.807, 2.05) is 19.9 Å². The summed E-state index contributed by atoms with van der Waals surface area (Å²) in [4.78, 5) is 0. The highest BCUT2D eigenvalue weighted by molar-refractivity contribution is 5.72. The van der Waals surface area contributed by atoms with Crippen LogP contribution in [-0.2, 0) is 0 Å². The standard InChI is InChI=1S/C19H15F5.C2H6/c1-10-2-4-11(5-3-10)12-6-14(20)18(15(21)7-12)13-8-16(22)19(24)17(23)9-13;1-2/h4,6-10H,2-3,5H2,1H3;1-2H3. The predicted molar refractivity (Wildman–Crippen MR) is 94.0 cm³/mol. The molecule has 0 aromatic heterocycles. The van der Waals surface area contributed by atoms with Gasteiger partial charge >= 0.3 is 0 Å². The van der Waals surface area contributed by atoms with Crippen molar-refractivity contribution in [2.45, 2.75) is 40.0 Å². The molecule has 0 aliphatic heterocycles. The summed E-state index contributed by atoms with van der Waals surface area (Å²) in [5, 5.41) is 0. The Morgan fingerprint density at radius 2 is 1.27 bits per heavy atom. The summed E-state index contributed by atoms with van der Waals surface area (Å²) in [5.41, 5.74) is 0.332. The molecule has 1 aliphatic rings. The first-order valence-corrected chi connectivity index (χ1v) is 8.70. The first kappa shape index (κ1) is 20.1. The molecule has 140 valence electrons. The van der Waals surface area contributed by atoms with Crippen molar-refractivity contribution in [3.8, 4) is 11.1 Å². The number of allylic oxidation sites excluding steroid dienone is 2. The van der Waals surface area contributed by atoms with Crippen LogP contribution in [0.2, 0.25) is 0 Å². The topological polar surface area (TPSA) is 0 Å². The first-order chi connectivity index (χ1) is 12.4. The van der Waals surface area contributed by atoms with Crippen LogP contribution in [0.15, 0.2) is 30.3 Å². The summed E-state index contributed by atoms with van der Waals surface area (Å²) in [5.74, 6) is -5.98. The predicted octanol–water partition coefficient (Wildman–Crippen LogP) is 7.28. The molecule has 26 heavy (non-hydrogen) atoms. The number of halogens is 5. The summed E-state index contributed by atoms with van der Waals surface area (Å²) in [6.07, 6.45) is 4.46. The lowest BCUT2D eigenvalue weighted by Crippen LogP contribution is -2.03. The highest BCUT2D eigenvalue weighted by atomic mass is 19.2. The van der Waals surface area contributed by atoms with Gasteiger partial charge in [-0.3, -0.25) is 0 Å². The quantitative estimate of drug-likeness (QED) is 0.386. The van der Waals surface area contributed by atoms with Crippen LogP contribution in [0, 0.1) is 35.0 Å². The van der Waals surface area contributed by atoms with Crippen LogP contribution in [0.5, 0.6) is 0 Å². The van der Waals surface area contributed by atoms with Crippen molar-refractivity contribution in [1.82, 2.24) is 0 Å². The minimum atomic E-state index is -1.67. The molecule has 2 aromatic rings. The van der Waals surface area contributed by atoms with Crippen molar-refractivity contribution < 1.29 is 22.0 Å². The van der Waals surface area contributed by atoms with Crippen molar-refractivity contribution in [3.63, 3.8) is 0 Å². The zero-order valence-corrected chi connectivity index (χ0v) is 15.0. The van der Waals surface area contributed by atoms with Crippen molar-refractivity contribution in [1.29, 1.82) is 0 Å². The minimum Gasteiger partial charge on any atom is -0.206 e. The number of hydrogen-bond acceptors (Lipinski definition) is 0. The molecule has 1 unspecified atom stereocenters. The average molecular weight is 368 g/mol. The van der Waals surface area contributed by atoms with Gasteiger partial charge in [0.2, 0.25) is 0 Å². The molecule has 5 heteroatoms. The van der Waals surface area contributed by atoms with E-state index < -0.39 is 34.6 Å². The largest absolute Gasteiger partial charge is 0.206 e. The maximum absolute atomic E-state index is 14.4. The van der Waals surface area contributed by atoms with Crippen LogP contribution >= 0.6 is 0 Å². The summed E-state index contributed by atoms with van der Waals surface area (Å²) < 4.78 is 68.4. The Bertz CT molecular complexity index is 777. The second kappa shape index (κ2) is 8.47. The second-order valence-corrected chi connectivity index (χ2v) is 6.18. The zero-order valence-electron chi connectivity index (χ0n) is 15.0. The van der Waals surface area contributed by atoms with Gasteiger partial charge in [-0.15, -0.1) is 0 Å². The van der Waals surface area contributed by atoms with E-state index in [0.29, 0.717) is 23.6 Å². The third-order valence-corrected chi connectivity index (χ3v) is 4.36. The van der Waals surface area contributed by atoms with Gasteiger partial charge < -0.3 is 0 Å². The fourth-order valence-corrected chi connectivity index (χ4v) is 2.96. The lowest BCUT2D eigenvalue weighted by molar-refractivity contribution is 0.447. The SMILES string of the molecule is CC.CC1CC=C(c2cc(F)c(-c3cc(F)c(F)c(F)c3)c(F)c2)CC1. The van der Waals surface area contributed by atoms with Gasteiger partial charge in [-0.1, -0.05) is 26.8 Å². The summed E-state index contributed by atoms with van der Waals surface area (Å²) in [6.45, 7) is 6.11. The van der Waals surface area contributed by atoms with Gasteiger partial charge in [0, 0.05) is 0 Å². The van der Waals surface area contributed by atoms with E-state index in [2.05, 4.69) is 6.92 Å². The number of benzene rings is 2. The van der Waals surface area contributed by atoms with Crippen LogP contribution in [-0.4, -0.2) is 0 Å². The molecule has 0 amide bonds. The molecule has 0 N–H and O–H groups in total. The Kier molecular flexibility index (Phi) is 6.57. The first-order valence-electron chi connectivity index (χ1n) is 8.70. The van der Waals surface area contributed by atoms with Crippen molar-refractivity contribution >= 4 is 5.57 Å². The van der Waals surface area contributed by atoms with Crippen molar-refractivity contribution in [2.75, 3.05) is 0 Å². The van der Waals surface area contributed by atoms with Crippen LogP contribution in [0.25, 0.3) is 16.7 Å². The second-order valence-electron chi connectivity index (χ2n) is 6.18. The Balaban J connectivity index is 0.00000117. The lowest BCUT2D eigenvalue weighted by Gasteiger charge is -2.19. The van der Waals surface area contributed by atoms with Crippen LogP contribution < -0.4 is 0 Å².